The fourth-order valence-electron chi connectivity index (χ4n) is 2.87. The number of aromatic nitrogens is 5. The monoisotopic (exact) mass is 484 g/mol. The second-order valence-electron chi connectivity index (χ2n) is 6.93. The number of nitro benzene ring substituents is 1. The second kappa shape index (κ2) is 11.0. The summed E-state index contributed by atoms with van der Waals surface area (Å²) in [6.45, 7) is 0. The molecule has 178 valence electrons. The molecule has 0 aliphatic carbocycles. The fraction of sp³-hybridized carbons (Fsp3) is 0. The number of nitro groups is 1. The largest absolute Gasteiger partial charge is 0.294 e. The molecule has 0 fully saturated rings. The zero-order chi connectivity index (χ0) is 25.3. The van der Waals surface area contributed by atoms with Gasteiger partial charge in [0.2, 0.25) is 0 Å². The molecule has 0 radical (unpaired) electrons. The average molecular weight is 484 g/mol. The molecule has 0 spiro atoms. The molecular formula is C22H16N10O4. The van der Waals surface area contributed by atoms with Crippen LogP contribution in [0.15, 0.2) is 83.5 Å². The van der Waals surface area contributed by atoms with Gasteiger partial charge in [0.15, 0.2) is 11.4 Å². The van der Waals surface area contributed by atoms with Crippen molar-refractivity contribution in [1.82, 2.24) is 35.8 Å². The Hall–Kier alpha value is -5.66. The summed E-state index contributed by atoms with van der Waals surface area (Å²) in [6, 6.07) is 11.9. The highest BCUT2D eigenvalue weighted by Gasteiger charge is 2.26. The highest BCUT2D eigenvalue weighted by atomic mass is 16.6. The van der Waals surface area contributed by atoms with Crippen molar-refractivity contribution in [3.63, 3.8) is 0 Å². The Morgan fingerprint density at radius 1 is 0.833 bits per heavy atom. The second-order valence-corrected chi connectivity index (χ2v) is 6.93. The number of nitrogens with zero attached hydrogens (tertiary/aromatic N) is 8. The number of non-ortho nitro benzene ring substituents is 1. The highest BCUT2D eigenvalue weighted by Crippen LogP contribution is 2.18. The van der Waals surface area contributed by atoms with Crippen LogP contribution in [-0.4, -0.2) is 54.1 Å². The number of nitrogens with one attached hydrogen (secondary N) is 2. The lowest BCUT2D eigenvalue weighted by Gasteiger charge is -2.06. The van der Waals surface area contributed by atoms with Gasteiger partial charge < -0.3 is 0 Å². The van der Waals surface area contributed by atoms with Crippen LogP contribution >= 0.6 is 0 Å². The third-order valence-electron chi connectivity index (χ3n) is 4.58. The van der Waals surface area contributed by atoms with E-state index in [1.807, 2.05) is 0 Å². The molecule has 14 heteroatoms. The number of carbonyl (C=O) groups is 2. The Kier molecular flexibility index (Phi) is 7.16. The molecule has 36 heavy (non-hydrogen) atoms. The minimum atomic E-state index is -0.809. The molecule has 0 bridgehead atoms. The fourth-order valence-corrected chi connectivity index (χ4v) is 2.87. The van der Waals surface area contributed by atoms with Gasteiger partial charge in [0, 0.05) is 36.9 Å². The van der Waals surface area contributed by atoms with E-state index < -0.39 is 16.7 Å². The number of benzene rings is 1. The molecule has 0 saturated carbocycles. The summed E-state index contributed by atoms with van der Waals surface area (Å²) in [6.07, 6.45) is 9.02. The molecule has 3 aromatic heterocycles. The number of pyridine rings is 2. The van der Waals surface area contributed by atoms with Gasteiger partial charge in [0.25, 0.3) is 17.5 Å². The molecule has 0 unspecified atom stereocenters. The van der Waals surface area contributed by atoms with Crippen LogP contribution in [0.1, 0.15) is 32.1 Å². The Labute approximate surface area is 202 Å². The van der Waals surface area contributed by atoms with E-state index in [2.05, 4.69) is 41.3 Å². The molecule has 14 nitrogen and oxygen atoms in total. The van der Waals surface area contributed by atoms with E-state index in [4.69, 9.17) is 0 Å². The first-order valence-corrected chi connectivity index (χ1v) is 10.2. The van der Waals surface area contributed by atoms with Gasteiger partial charge >= 0.3 is 0 Å². The van der Waals surface area contributed by atoms with Gasteiger partial charge in [-0.15, -0.1) is 5.10 Å². The quantitative estimate of drug-likeness (QED) is 0.214. The van der Waals surface area contributed by atoms with Gasteiger partial charge in [0.1, 0.15) is 0 Å². The Balaban J connectivity index is 1.62. The summed E-state index contributed by atoms with van der Waals surface area (Å²) in [5, 5.41) is 26.4. The van der Waals surface area contributed by atoms with Crippen LogP contribution in [0.3, 0.4) is 0 Å². The maximum atomic E-state index is 13.0. The molecule has 2 amide bonds. The van der Waals surface area contributed by atoms with E-state index in [1.54, 1.807) is 49.1 Å². The Morgan fingerprint density at radius 3 is 1.89 bits per heavy atom. The number of carbonyl (C=O) groups excluding carboxylic acids is 2. The lowest BCUT2D eigenvalue weighted by atomic mass is 10.2. The Morgan fingerprint density at radius 2 is 1.36 bits per heavy atom. The van der Waals surface area contributed by atoms with Crippen LogP contribution in [0.25, 0.3) is 5.69 Å². The SMILES string of the molecule is O=C(NN=Cc1ccncc1)c1nnn(-c2ccc([N+](=O)[O-])cc2)c1C(=O)NN=Cc1ccncc1. The van der Waals surface area contributed by atoms with Crippen molar-refractivity contribution in [1.29, 1.82) is 0 Å². The summed E-state index contributed by atoms with van der Waals surface area (Å²) in [4.78, 5) is 44.0. The summed E-state index contributed by atoms with van der Waals surface area (Å²) in [5.74, 6) is -1.61. The topological polar surface area (TPSA) is 183 Å². The zero-order valence-electron chi connectivity index (χ0n) is 18.3. The lowest BCUT2D eigenvalue weighted by molar-refractivity contribution is -0.384. The predicted octanol–water partition coefficient (Wildman–Crippen LogP) is 1.49. The highest BCUT2D eigenvalue weighted by molar-refractivity contribution is 6.05. The molecule has 4 rings (SSSR count). The third-order valence-corrected chi connectivity index (χ3v) is 4.58. The van der Waals surface area contributed by atoms with Gasteiger partial charge in [-0.1, -0.05) is 5.21 Å². The standard InChI is InChI=1S/C22H16N10O4/c33-21(28-25-13-15-5-9-23-10-6-15)19-20(22(34)29-26-14-16-7-11-24-12-8-16)31(30-27-19)17-1-3-18(4-2-17)32(35)36/h1-14H,(H,28,33)(H,29,34). The molecule has 1 aromatic carbocycles. The lowest BCUT2D eigenvalue weighted by Crippen LogP contribution is -2.27. The number of hydrogen-bond acceptors (Lipinski definition) is 10. The number of amides is 2. The van der Waals surface area contributed by atoms with E-state index in [0.29, 0.717) is 11.1 Å². The van der Waals surface area contributed by atoms with Gasteiger partial charge in [-0.3, -0.25) is 29.7 Å². The average Bonchev–Trinajstić information content (AvgIpc) is 3.35. The number of hydrazone groups is 2. The van der Waals surface area contributed by atoms with Crippen LogP contribution < -0.4 is 10.9 Å². The molecule has 0 aliphatic heterocycles. The first kappa shape index (κ1) is 23.5. The van der Waals surface area contributed by atoms with E-state index in [-0.39, 0.29) is 22.8 Å². The number of hydrogen-bond donors (Lipinski definition) is 2. The van der Waals surface area contributed by atoms with Crippen molar-refractivity contribution in [2.45, 2.75) is 0 Å². The van der Waals surface area contributed by atoms with E-state index >= 15 is 0 Å². The van der Waals surface area contributed by atoms with Gasteiger partial charge in [-0.25, -0.2) is 15.5 Å². The zero-order valence-corrected chi connectivity index (χ0v) is 18.3. The molecule has 4 aromatic rings. The molecule has 0 atom stereocenters. The molecule has 0 aliphatic rings. The summed E-state index contributed by atoms with van der Waals surface area (Å²) >= 11 is 0. The van der Waals surface area contributed by atoms with Crippen LogP contribution in [0.4, 0.5) is 5.69 Å². The van der Waals surface area contributed by atoms with Crippen molar-refractivity contribution in [2.24, 2.45) is 10.2 Å². The minimum absolute atomic E-state index is 0.157. The van der Waals surface area contributed by atoms with E-state index in [0.717, 1.165) is 4.68 Å². The van der Waals surface area contributed by atoms with E-state index in [1.165, 1.54) is 36.7 Å². The Bertz CT molecular complexity index is 1430. The van der Waals surface area contributed by atoms with Crippen molar-refractivity contribution < 1.29 is 14.5 Å². The normalized spacial score (nSPS) is 11.0. The van der Waals surface area contributed by atoms with Crippen LogP contribution in [0.2, 0.25) is 0 Å². The summed E-state index contributed by atoms with van der Waals surface area (Å²) < 4.78 is 1.07. The minimum Gasteiger partial charge on any atom is -0.265 e. The smallest absolute Gasteiger partial charge is 0.265 e. The van der Waals surface area contributed by atoms with E-state index in [9.17, 15) is 19.7 Å². The molecule has 0 saturated heterocycles. The first-order valence-electron chi connectivity index (χ1n) is 10.2. The maximum Gasteiger partial charge on any atom is 0.294 e. The summed E-state index contributed by atoms with van der Waals surface area (Å²) in [5.41, 5.74) is 5.49. The van der Waals surface area contributed by atoms with Gasteiger partial charge in [-0.05, 0) is 47.5 Å². The molecule has 3 heterocycles. The van der Waals surface area contributed by atoms with Gasteiger partial charge in [-0.2, -0.15) is 10.2 Å². The van der Waals surface area contributed by atoms with Gasteiger partial charge in [0.05, 0.1) is 23.0 Å². The predicted molar refractivity (Wildman–Crippen MR) is 127 cm³/mol. The summed E-state index contributed by atoms with van der Waals surface area (Å²) in [7, 11) is 0. The van der Waals surface area contributed by atoms with Crippen molar-refractivity contribution in [3.8, 4) is 5.69 Å². The van der Waals surface area contributed by atoms with Crippen LogP contribution in [0.5, 0.6) is 0 Å². The van der Waals surface area contributed by atoms with Crippen LogP contribution in [-0.2, 0) is 0 Å². The van der Waals surface area contributed by atoms with Crippen LogP contribution in [0, 0.1) is 10.1 Å². The van der Waals surface area contributed by atoms with Crippen molar-refractivity contribution in [3.05, 3.63) is 106 Å². The molecular weight excluding hydrogens is 468 g/mol. The van der Waals surface area contributed by atoms with Crippen molar-refractivity contribution >= 4 is 29.9 Å². The first-order chi connectivity index (χ1) is 17.5. The maximum absolute atomic E-state index is 13.0. The number of rotatable bonds is 8. The molecule has 2 N–H and O–H groups in total. The third kappa shape index (κ3) is 5.63. The van der Waals surface area contributed by atoms with Crippen molar-refractivity contribution in [2.75, 3.05) is 0 Å².